The Labute approximate surface area is 100 Å². The molecule has 1 aliphatic rings. The SMILES string of the molecule is CCN1C(=O)NCc2cnc(NC(C)C)nc21. The van der Waals surface area contributed by atoms with E-state index in [1.807, 2.05) is 20.8 Å². The van der Waals surface area contributed by atoms with Crippen molar-refractivity contribution in [3.8, 4) is 0 Å². The van der Waals surface area contributed by atoms with Gasteiger partial charge in [-0.2, -0.15) is 4.98 Å². The highest BCUT2D eigenvalue weighted by Gasteiger charge is 2.24. The monoisotopic (exact) mass is 235 g/mol. The summed E-state index contributed by atoms with van der Waals surface area (Å²) < 4.78 is 0. The van der Waals surface area contributed by atoms with Crippen LogP contribution < -0.4 is 15.5 Å². The van der Waals surface area contributed by atoms with Crippen LogP contribution in [0.3, 0.4) is 0 Å². The largest absolute Gasteiger partial charge is 0.352 e. The smallest absolute Gasteiger partial charge is 0.323 e. The van der Waals surface area contributed by atoms with Gasteiger partial charge in [-0.3, -0.25) is 4.90 Å². The van der Waals surface area contributed by atoms with Gasteiger partial charge >= 0.3 is 6.03 Å². The summed E-state index contributed by atoms with van der Waals surface area (Å²) in [6.07, 6.45) is 1.76. The molecule has 0 saturated heterocycles. The van der Waals surface area contributed by atoms with Crippen molar-refractivity contribution in [3.63, 3.8) is 0 Å². The topological polar surface area (TPSA) is 70.2 Å². The van der Waals surface area contributed by atoms with Crippen molar-refractivity contribution in [1.29, 1.82) is 0 Å². The summed E-state index contributed by atoms with van der Waals surface area (Å²) >= 11 is 0. The molecule has 1 aromatic rings. The molecule has 0 atom stereocenters. The number of carbonyl (C=O) groups excluding carboxylic acids is 1. The van der Waals surface area contributed by atoms with Gasteiger partial charge in [-0.1, -0.05) is 0 Å². The van der Waals surface area contributed by atoms with E-state index in [9.17, 15) is 4.79 Å². The van der Waals surface area contributed by atoms with E-state index in [4.69, 9.17) is 0 Å². The van der Waals surface area contributed by atoms with Crippen molar-refractivity contribution in [1.82, 2.24) is 15.3 Å². The lowest BCUT2D eigenvalue weighted by Crippen LogP contribution is -2.44. The maximum absolute atomic E-state index is 11.7. The Bertz CT molecular complexity index is 432. The van der Waals surface area contributed by atoms with Crippen molar-refractivity contribution in [2.24, 2.45) is 0 Å². The summed E-state index contributed by atoms with van der Waals surface area (Å²) in [6, 6.07) is 0.162. The number of nitrogens with one attached hydrogen (secondary N) is 2. The molecule has 2 heterocycles. The number of aromatic nitrogens is 2. The predicted octanol–water partition coefficient (Wildman–Crippen LogP) is 1.35. The molecule has 2 N–H and O–H groups in total. The molecule has 0 aromatic carbocycles. The van der Waals surface area contributed by atoms with Gasteiger partial charge in [0.05, 0.1) is 0 Å². The van der Waals surface area contributed by atoms with Gasteiger partial charge in [0.15, 0.2) is 0 Å². The molecule has 17 heavy (non-hydrogen) atoms. The van der Waals surface area contributed by atoms with E-state index in [0.29, 0.717) is 24.9 Å². The fourth-order valence-electron chi connectivity index (χ4n) is 1.74. The number of amides is 2. The van der Waals surface area contributed by atoms with Crippen LogP contribution in [0.5, 0.6) is 0 Å². The fourth-order valence-corrected chi connectivity index (χ4v) is 1.74. The van der Waals surface area contributed by atoms with Crippen molar-refractivity contribution >= 4 is 17.8 Å². The molecular weight excluding hydrogens is 218 g/mol. The molecule has 0 bridgehead atoms. The van der Waals surface area contributed by atoms with Gasteiger partial charge in [-0.25, -0.2) is 9.78 Å². The number of carbonyl (C=O) groups is 1. The van der Waals surface area contributed by atoms with Crippen LogP contribution in [0.4, 0.5) is 16.6 Å². The molecule has 2 rings (SSSR count). The summed E-state index contributed by atoms with van der Waals surface area (Å²) in [7, 11) is 0. The van der Waals surface area contributed by atoms with Gasteiger partial charge in [-0.05, 0) is 20.8 Å². The third-order valence-corrected chi connectivity index (χ3v) is 2.51. The number of hydrogen-bond donors (Lipinski definition) is 2. The molecule has 0 fully saturated rings. The van der Waals surface area contributed by atoms with Crippen LogP contribution in [0.15, 0.2) is 6.20 Å². The van der Waals surface area contributed by atoms with Crippen LogP contribution in [0.1, 0.15) is 26.3 Å². The molecule has 2 amide bonds. The van der Waals surface area contributed by atoms with Crippen molar-refractivity contribution in [2.75, 3.05) is 16.8 Å². The predicted molar refractivity (Wildman–Crippen MR) is 66.0 cm³/mol. The Morgan fingerprint density at radius 3 is 3.00 bits per heavy atom. The lowest BCUT2D eigenvalue weighted by molar-refractivity contribution is 0.244. The van der Waals surface area contributed by atoms with Crippen LogP contribution in [0, 0.1) is 0 Å². The first kappa shape index (κ1) is 11.6. The van der Waals surface area contributed by atoms with Crippen molar-refractivity contribution in [3.05, 3.63) is 11.8 Å². The Morgan fingerprint density at radius 2 is 2.35 bits per heavy atom. The second-order valence-corrected chi connectivity index (χ2v) is 4.24. The molecule has 1 aromatic heterocycles. The van der Waals surface area contributed by atoms with Gasteiger partial charge in [0.2, 0.25) is 5.95 Å². The highest BCUT2D eigenvalue weighted by molar-refractivity contribution is 5.93. The number of nitrogens with zero attached hydrogens (tertiary/aromatic N) is 3. The zero-order valence-electron chi connectivity index (χ0n) is 10.3. The second-order valence-electron chi connectivity index (χ2n) is 4.24. The Morgan fingerprint density at radius 1 is 1.59 bits per heavy atom. The number of fused-ring (bicyclic) bond motifs is 1. The van der Waals surface area contributed by atoms with Crippen LogP contribution in [-0.4, -0.2) is 28.6 Å². The normalized spacial score (nSPS) is 14.6. The minimum Gasteiger partial charge on any atom is -0.352 e. The Kier molecular flexibility index (Phi) is 3.12. The molecular formula is C11H17N5O. The minimum absolute atomic E-state index is 0.103. The van der Waals surface area contributed by atoms with Crippen LogP contribution >= 0.6 is 0 Å². The van der Waals surface area contributed by atoms with E-state index in [1.54, 1.807) is 11.1 Å². The summed E-state index contributed by atoms with van der Waals surface area (Å²) in [5.41, 5.74) is 0.945. The van der Waals surface area contributed by atoms with E-state index >= 15 is 0 Å². The molecule has 92 valence electrons. The quantitative estimate of drug-likeness (QED) is 0.829. The van der Waals surface area contributed by atoms with E-state index < -0.39 is 0 Å². The molecule has 0 unspecified atom stereocenters. The average Bonchev–Trinajstić information content (AvgIpc) is 2.28. The van der Waals surface area contributed by atoms with E-state index in [0.717, 1.165) is 5.56 Å². The van der Waals surface area contributed by atoms with E-state index in [1.165, 1.54) is 0 Å². The van der Waals surface area contributed by atoms with E-state index in [-0.39, 0.29) is 12.1 Å². The lowest BCUT2D eigenvalue weighted by atomic mass is 10.2. The highest BCUT2D eigenvalue weighted by Crippen LogP contribution is 2.22. The number of anilines is 2. The summed E-state index contributed by atoms with van der Waals surface area (Å²) in [5, 5.41) is 5.92. The number of rotatable bonds is 3. The third kappa shape index (κ3) is 2.30. The molecule has 6 heteroatoms. The minimum atomic E-state index is -0.103. The molecule has 0 aliphatic carbocycles. The Balaban J connectivity index is 2.34. The van der Waals surface area contributed by atoms with Crippen LogP contribution in [0.25, 0.3) is 0 Å². The zero-order valence-corrected chi connectivity index (χ0v) is 10.3. The summed E-state index contributed by atoms with van der Waals surface area (Å²) in [6.45, 7) is 7.05. The molecule has 6 nitrogen and oxygen atoms in total. The average molecular weight is 235 g/mol. The van der Waals surface area contributed by atoms with Crippen LogP contribution in [-0.2, 0) is 6.54 Å². The molecule has 0 radical (unpaired) electrons. The fraction of sp³-hybridized carbons (Fsp3) is 0.545. The maximum Gasteiger partial charge on any atom is 0.323 e. The highest BCUT2D eigenvalue weighted by atomic mass is 16.2. The number of hydrogen-bond acceptors (Lipinski definition) is 4. The third-order valence-electron chi connectivity index (χ3n) is 2.51. The zero-order chi connectivity index (χ0) is 12.4. The van der Waals surface area contributed by atoms with Gasteiger partial charge in [0.1, 0.15) is 5.82 Å². The van der Waals surface area contributed by atoms with Gasteiger partial charge in [0.25, 0.3) is 0 Å². The first-order valence-electron chi connectivity index (χ1n) is 5.79. The van der Waals surface area contributed by atoms with Gasteiger partial charge in [-0.15, -0.1) is 0 Å². The van der Waals surface area contributed by atoms with Crippen molar-refractivity contribution in [2.45, 2.75) is 33.4 Å². The standard InChI is InChI=1S/C11H17N5O/c1-4-16-9-8(6-13-11(16)17)5-12-10(15-9)14-7(2)3/h5,7H,4,6H2,1-3H3,(H,13,17)(H,12,14,15). The molecule has 0 spiro atoms. The lowest BCUT2D eigenvalue weighted by Gasteiger charge is -2.27. The first-order chi connectivity index (χ1) is 8.11. The van der Waals surface area contributed by atoms with Gasteiger partial charge in [0, 0.05) is 30.9 Å². The summed E-state index contributed by atoms with van der Waals surface area (Å²) in [4.78, 5) is 21.9. The molecule has 1 aliphatic heterocycles. The van der Waals surface area contributed by atoms with Gasteiger partial charge < -0.3 is 10.6 Å². The first-order valence-corrected chi connectivity index (χ1v) is 5.79. The maximum atomic E-state index is 11.7. The van der Waals surface area contributed by atoms with Crippen LogP contribution in [0.2, 0.25) is 0 Å². The number of urea groups is 1. The van der Waals surface area contributed by atoms with Crippen molar-refractivity contribution < 1.29 is 4.79 Å². The Hall–Kier alpha value is -1.85. The second kappa shape index (κ2) is 4.57. The van der Waals surface area contributed by atoms with E-state index in [2.05, 4.69) is 20.6 Å². The molecule has 0 saturated carbocycles. The summed E-state index contributed by atoms with van der Waals surface area (Å²) in [5.74, 6) is 1.27.